The van der Waals surface area contributed by atoms with Gasteiger partial charge in [0, 0.05) is 12.6 Å². The van der Waals surface area contributed by atoms with Crippen LogP contribution < -0.4 is 10.6 Å². The van der Waals surface area contributed by atoms with Crippen LogP contribution in [-0.2, 0) is 11.3 Å². The van der Waals surface area contributed by atoms with Crippen molar-refractivity contribution in [1.29, 1.82) is 0 Å². The molecule has 1 unspecified atom stereocenters. The van der Waals surface area contributed by atoms with Crippen LogP contribution in [0.4, 0.5) is 5.95 Å². The van der Waals surface area contributed by atoms with Crippen LogP contribution in [0.3, 0.4) is 0 Å². The van der Waals surface area contributed by atoms with E-state index in [0.29, 0.717) is 12.5 Å². The van der Waals surface area contributed by atoms with Crippen molar-refractivity contribution in [3.63, 3.8) is 0 Å². The molecule has 0 saturated heterocycles. The number of fused-ring (bicyclic) bond motifs is 1. The minimum atomic E-state index is -0.484. The second-order valence-electron chi connectivity index (χ2n) is 5.46. The van der Waals surface area contributed by atoms with Gasteiger partial charge in [-0.3, -0.25) is 4.79 Å². The van der Waals surface area contributed by atoms with Gasteiger partial charge in [0.1, 0.15) is 6.54 Å². The number of hydrogen-bond donors (Lipinski definition) is 3. The summed E-state index contributed by atoms with van der Waals surface area (Å²) in [5.74, 6) is 0.532. The molecule has 0 bridgehead atoms. The highest BCUT2D eigenvalue weighted by atomic mass is 16.3. The van der Waals surface area contributed by atoms with Crippen LogP contribution in [0.5, 0.6) is 0 Å². The van der Waals surface area contributed by atoms with Crippen LogP contribution in [-0.4, -0.2) is 39.3 Å². The van der Waals surface area contributed by atoms with Crippen LogP contribution in [0.15, 0.2) is 24.3 Å². The molecule has 0 aliphatic rings. The molecule has 1 atom stereocenters. The molecule has 1 heterocycles. The number of nitrogens with one attached hydrogen (secondary N) is 2. The Morgan fingerprint density at radius 3 is 2.71 bits per heavy atom. The van der Waals surface area contributed by atoms with Crippen LogP contribution >= 0.6 is 0 Å². The highest BCUT2D eigenvalue weighted by Gasteiger charge is 2.14. The van der Waals surface area contributed by atoms with E-state index < -0.39 is 6.10 Å². The van der Waals surface area contributed by atoms with Crippen molar-refractivity contribution in [3.8, 4) is 0 Å². The van der Waals surface area contributed by atoms with E-state index in [4.69, 9.17) is 0 Å². The zero-order valence-corrected chi connectivity index (χ0v) is 12.6. The van der Waals surface area contributed by atoms with Gasteiger partial charge in [0.05, 0.1) is 17.1 Å². The van der Waals surface area contributed by atoms with E-state index in [1.165, 1.54) is 0 Å². The first-order valence-corrected chi connectivity index (χ1v) is 7.14. The molecule has 1 amide bonds. The number of aromatic nitrogens is 2. The number of benzene rings is 1. The molecule has 21 heavy (non-hydrogen) atoms. The second kappa shape index (κ2) is 6.58. The maximum atomic E-state index is 12.0. The normalized spacial score (nSPS) is 12.6. The number of aliphatic hydroxyl groups is 1. The summed E-state index contributed by atoms with van der Waals surface area (Å²) in [5.41, 5.74) is 1.72. The lowest BCUT2D eigenvalue weighted by Gasteiger charge is -2.13. The monoisotopic (exact) mass is 290 g/mol. The molecule has 0 fully saturated rings. The van der Waals surface area contributed by atoms with E-state index in [2.05, 4.69) is 15.6 Å². The topological polar surface area (TPSA) is 79.2 Å². The summed E-state index contributed by atoms with van der Waals surface area (Å²) in [6.07, 6.45) is -0.484. The highest BCUT2D eigenvalue weighted by molar-refractivity contribution is 5.83. The third-order valence-corrected chi connectivity index (χ3v) is 2.96. The summed E-state index contributed by atoms with van der Waals surface area (Å²) in [6.45, 7) is 6.13. The molecule has 0 radical (unpaired) electrons. The Labute approximate surface area is 124 Å². The first-order valence-electron chi connectivity index (χ1n) is 7.14. The van der Waals surface area contributed by atoms with Gasteiger partial charge in [-0.25, -0.2) is 4.98 Å². The summed E-state index contributed by atoms with van der Waals surface area (Å²) in [5, 5.41) is 15.4. The SMILES string of the molecule is CC(O)CNc1nc2ccccc2n1CC(=O)NC(C)C. The molecule has 0 aliphatic carbocycles. The van der Waals surface area contributed by atoms with Gasteiger partial charge in [0.2, 0.25) is 11.9 Å². The quantitative estimate of drug-likeness (QED) is 0.750. The zero-order chi connectivity index (χ0) is 15.4. The van der Waals surface area contributed by atoms with E-state index in [-0.39, 0.29) is 18.5 Å². The Bertz CT molecular complexity index is 619. The standard InChI is InChI=1S/C15H22N4O2/c1-10(2)17-14(21)9-19-13-7-5-4-6-12(13)18-15(19)16-8-11(3)20/h4-7,10-11,20H,8-9H2,1-3H3,(H,16,18)(H,17,21). The Balaban J connectivity index is 2.29. The Hall–Kier alpha value is -2.08. The molecule has 0 aliphatic heterocycles. The number of carbonyl (C=O) groups excluding carboxylic acids is 1. The molecule has 2 aromatic rings. The number of anilines is 1. The van der Waals surface area contributed by atoms with Crippen molar-refractivity contribution in [2.75, 3.05) is 11.9 Å². The maximum Gasteiger partial charge on any atom is 0.240 e. The molecule has 1 aromatic heterocycles. The fourth-order valence-corrected chi connectivity index (χ4v) is 2.12. The molecule has 2 rings (SSSR count). The average Bonchev–Trinajstić information content (AvgIpc) is 2.74. The van der Waals surface area contributed by atoms with Gasteiger partial charge in [-0.1, -0.05) is 12.1 Å². The van der Waals surface area contributed by atoms with Gasteiger partial charge in [-0.05, 0) is 32.9 Å². The third-order valence-electron chi connectivity index (χ3n) is 2.96. The van der Waals surface area contributed by atoms with Gasteiger partial charge in [-0.2, -0.15) is 0 Å². The molecule has 1 aromatic carbocycles. The number of amides is 1. The molecule has 6 nitrogen and oxygen atoms in total. The van der Waals surface area contributed by atoms with E-state index in [1.54, 1.807) is 6.92 Å². The Morgan fingerprint density at radius 2 is 2.05 bits per heavy atom. The molecular weight excluding hydrogens is 268 g/mol. The Kier molecular flexibility index (Phi) is 4.80. The van der Waals surface area contributed by atoms with Gasteiger partial charge in [-0.15, -0.1) is 0 Å². The molecule has 0 saturated carbocycles. The number of hydrogen-bond acceptors (Lipinski definition) is 4. The van der Waals surface area contributed by atoms with Crippen molar-refractivity contribution in [2.24, 2.45) is 0 Å². The number of para-hydroxylation sites is 2. The average molecular weight is 290 g/mol. The largest absolute Gasteiger partial charge is 0.392 e. The summed E-state index contributed by atoms with van der Waals surface area (Å²) < 4.78 is 1.83. The number of rotatable bonds is 6. The fraction of sp³-hybridized carbons (Fsp3) is 0.467. The van der Waals surface area contributed by atoms with Crippen molar-refractivity contribution in [1.82, 2.24) is 14.9 Å². The summed E-state index contributed by atoms with van der Waals surface area (Å²) >= 11 is 0. The summed E-state index contributed by atoms with van der Waals surface area (Å²) in [6, 6.07) is 7.75. The first-order chi connectivity index (χ1) is 9.97. The highest BCUT2D eigenvalue weighted by Crippen LogP contribution is 2.19. The number of aliphatic hydroxyl groups excluding tert-OH is 1. The molecule has 0 spiro atoms. The minimum absolute atomic E-state index is 0.0618. The molecule has 3 N–H and O–H groups in total. The van der Waals surface area contributed by atoms with Crippen LogP contribution in [0.1, 0.15) is 20.8 Å². The number of nitrogens with zero attached hydrogens (tertiary/aromatic N) is 2. The second-order valence-corrected chi connectivity index (χ2v) is 5.46. The van der Waals surface area contributed by atoms with E-state index in [0.717, 1.165) is 11.0 Å². The minimum Gasteiger partial charge on any atom is -0.392 e. The predicted octanol–water partition coefficient (Wildman–Crippen LogP) is 1.35. The van der Waals surface area contributed by atoms with Crippen LogP contribution in [0.2, 0.25) is 0 Å². The third kappa shape index (κ3) is 3.95. The fourth-order valence-electron chi connectivity index (χ4n) is 2.12. The van der Waals surface area contributed by atoms with Gasteiger partial charge in [0.25, 0.3) is 0 Å². The smallest absolute Gasteiger partial charge is 0.240 e. The van der Waals surface area contributed by atoms with Gasteiger partial charge >= 0.3 is 0 Å². The molecule has 114 valence electrons. The van der Waals surface area contributed by atoms with Crippen molar-refractivity contribution in [2.45, 2.75) is 39.5 Å². The molecular formula is C15H22N4O2. The van der Waals surface area contributed by atoms with Gasteiger partial charge in [0.15, 0.2) is 0 Å². The number of carbonyl (C=O) groups is 1. The van der Waals surface area contributed by atoms with Crippen molar-refractivity contribution in [3.05, 3.63) is 24.3 Å². The van der Waals surface area contributed by atoms with Crippen LogP contribution in [0, 0.1) is 0 Å². The zero-order valence-electron chi connectivity index (χ0n) is 12.6. The summed E-state index contributed by atoms with van der Waals surface area (Å²) in [4.78, 5) is 16.5. The lowest BCUT2D eigenvalue weighted by atomic mass is 10.3. The van der Waals surface area contributed by atoms with E-state index in [1.807, 2.05) is 42.7 Å². The van der Waals surface area contributed by atoms with Crippen molar-refractivity contribution >= 4 is 22.9 Å². The predicted molar refractivity (Wildman–Crippen MR) is 83.2 cm³/mol. The lowest BCUT2D eigenvalue weighted by Crippen LogP contribution is -2.33. The van der Waals surface area contributed by atoms with Crippen LogP contribution in [0.25, 0.3) is 11.0 Å². The van der Waals surface area contributed by atoms with E-state index >= 15 is 0 Å². The summed E-state index contributed by atoms with van der Waals surface area (Å²) in [7, 11) is 0. The number of imidazole rings is 1. The first kappa shape index (κ1) is 15.3. The van der Waals surface area contributed by atoms with Gasteiger partial charge < -0.3 is 20.3 Å². The van der Waals surface area contributed by atoms with Crippen molar-refractivity contribution < 1.29 is 9.90 Å². The van der Waals surface area contributed by atoms with E-state index in [9.17, 15) is 9.90 Å². The lowest BCUT2D eigenvalue weighted by molar-refractivity contribution is -0.122. The molecule has 6 heteroatoms. The Morgan fingerprint density at radius 1 is 1.33 bits per heavy atom. The maximum absolute atomic E-state index is 12.0.